The van der Waals surface area contributed by atoms with Gasteiger partial charge in [-0.2, -0.15) is 0 Å². The third kappa shape index (κ3) is 2.41. The lowest BCUT2D eigenvalue weighted by Crippen LogP contribution is -2.11. The minimum Gasteiger partial charge on any atom is -0.272 e. The largest absolute Gasteiger partial charge is 0.272 e. The molecule has 0 amide bonds. The van der Waals surface area contributed by atoms with E-state index >= 15 is 0 Å². The molecular weight excluding hydrogens is 326 g/mol. The maximum absolute atomic E-state index is 4.64. The number of benzene rings is 1. The number of nitrogens with zero attached hydrogens (tertiary/aromatic N) is 1. The van der Waals surface area contributed by atoms with Crippen molar-refractivity contribution in [3.8, 4) is 0 Å². The van der Waals surface area contributed by atoms with Crippen molar-refractivity contribution in [2.24, 2.45) is 4.99 Å². The van der Waals surface area contributed by atoms with E-state index in [1.165, 1.54) is 5.56 Å². The zero-order valence-electron chi connectivity index (χ0n) is 7.36. The summed E-state index contributed by atoms with van der Waals surface area (Å²) in [4.78, 5) is 4.64. The standard InChI is InChI=1S/C10H9Br2NS/c11-9(12)8-6-14-10(13-8)7-4-2-1-3-5-7/h1-5,8-9H,6H2. The Morgan fingerprint density at radius 1 is 1.29 bits per heavy atom. The first-order valence-corrected chi connectivity index (χ1v) is 7.13. The Balaban J connectivity index is 2.18. The molecule has 1 aromatic rings. The maximum Gasteiger partial charge on any atom is 0.0982 e. The van der Waals surface area contributed by atoms with E-state index in [0.29, 0.717) is 6.04 Å². The molecule has 1 aliphatic rings. The molecule has 0 radical (unpaired) electrons. The molecule has 1 unspecified atom stereocenters. The molecule has 0 spiro atoms. The Kier molecular flexibility index (Phi) is 3.68. The van der Waals surface area contributed by atoms with Crippen LogP contribution in [0, 0.1) is 0 Å². The quantitative estimate of drug-likeness (QED) is 0.752. The first-order valence-electron chi connectivity index (χ1n) is 4.31. The average molecular weight is 335 g/mol. The van der Waals surface area contributed by atoms with E-state index in [-0.39, 0.29) is 3.74 Å². The number of aliphatic imine (C=N–C) groups is 1. The number of halogens is 2. The van der Waals surface area contributed by atoms with Gasteiger partial charge in [-0.3, -0.25) is 4.99 Å². The zero-order chi connectivity index (χ0) is 9.97. The molecule has 1 atom stereocenters. The van der Waals surface area contributed by atoms with Gasteiger partial charge in [0.2, 0.25) is 0 Å². The van der Waals surface area contributed by atoms with E-state index in [9.17, 15) is 0 Å². The van der Waals surface area contributed by atoms with Gasteiger partial charge in [-0.25, -0.2) is 0 Å². The van der Waals surface area contributed by atoms with Crippen molar-refractivity contribution in [3.63, 3.8) is 0 Å². The molecule has 0 aromatic heterocycles. The monoisotopic (exact) mass is 333 g/mol. The van der Waals surface area contributed by atoms with Crippen molar-refractivity contribution in [2.45, 2.75) is 9.78 Å². The number of hydrogen-bond donors (Lipinski definition) is 0. The highest BCUT2D eigenvalue weighted by molar-refractivity contribution is 9.24. The Bertz CT molecular complexity index is 337. The van der Waals surface area contributed by atoms with Crippen LogP contribution < -0.4 is 0 Å². The number of thioether (sulfide) groups is 1. The summed E-state index contributed by atoms with van der Waals surface area (Å²) in [7, 11) is 0. The summed E-state index contributed by atoms with van der Waals surface area (Å²) in [6, 6.07) is 10.7. The summed E-state index contributed by atoms with van der Waals surface area (Å²) >= 11 is 8.82. The van der Waals surface area contributed by atoms with Gasteiger partial charge in [0.25, 0.3) is 0 Å². The Hall–Kier alpha value is 0.200. The summed E-state index contributed by atoms with van der Waals surface area (Å²) in [5.41, 5.74) is 1.22. The molecule has 1 nitrogen and oxygen atoms in total. The minimum atomic E-state index is 0.281. The third-order valence-electron chi connectivity index (χ3n) is 1.99. The number of alkyl halides is 2. The normalized spacial score (nSPS) is 21.4. The van der Waals surface area contributed by atoms with Crippen LogP contribution in [0.4, 0.5) is 0 Å². The second-order valence-corrected chi connectivity index (χ2v) is 7.22. The fraction of sp³-hybridized carbons (Fsp3) is 0.300. The van der Waals surface area contributed by atoms with Gasteiger partial charge < -0.3 is 0 Å². The highest BCUT2D eigenvalue weighted by atomic mass is 79.9. The Morgan fingerprint density at radius 3 is 2.57 bits per heavy atom. The van der Waals surface area contributed by atoms with Crippen molar-refractivity contribution in [1.82, 2.24) is 0 Å². The molecule has 0 saturated heterocycles. The topological polar surface area (TPSA) is 12.4 Å². The van der Waals surface area contributed by atoms with Crippen LogP contribution in [0.25, 0.3) is 0 Å². The first-order chi connectivity index (χ1) is 6.77. The SMILES string of the molecule is BrC(Br)C1CSC(c2ccccc2)=N1. The molecular formula is C10H9Br2NS. The first kappa shape index (κ1) is 10.7. The van der Waals surface area contributed by atoms with Crippen LogP contribution in [-0.2, 0) is 0 Å². The van der Waals surface area contributed by atoms with Crippen LogP contribution in [-0.4, -0.2) is 20.6 Å². The Morgan fingerprint density at radius 2 is 2.00 bits per heavy atom. The molecule has 4 heteroatoms. The van der Waals surface area contributed by atoms with Crippen LogP contribution in [0.2, 0.25) is 0 Å². The zero-order valence-corrected chi connectivity index (χ0v) is 11.3. The molecule has 0 aliphatic carbocycles. The average Bonchev–Trinajstić information content (AvgIpc) is 2.68. The predicted molar refractivity (Wildman–Crippen MR) is 70.9 cm³/mol. The second kappa shape index (κ2) is 4.81. The van der Waals surface area contributed by atoms with E-state index in [1.54, 1.807) is 0 Å². The van der Waals surface area contributed by atoms with E-state index in [0.717, 1.165) is 10.8 Å². The highest BCUT2D eigenvalue weighted by Crippen LogP contribution is 2.29. The minimum absolute atomic E-state index is 0.281. The summed E-state index contributed by atoms with van der Waals surface area (Å²) < 4.78 is 0.281. The van der Waals surface area contributed by atoms with Gasteiger partial charge in [0, 0.05) is 11.3 Å². The predicted octanol–water partition coefficient (Wildman–Crippen LogP) is 3.66. The Labute approximate surface area is 105 Å². The van der Waals surface area contributed by atoms with Crippen LogP contribution in [0.1, 0.15) is 5.56 Å². The highest BCUT2D eigenvalue weighted by Gasteiger charge is 2.23. The molecule has 14 heavy (non-hydrogen) atoms. The van der Waals surface area contributed by atoms with Crippen LogP contribution in [0.5, 0.6) is 0 Å². The molecule has 1 heterocycles. The smallest absolute Gasteiger partial charge is 0.0982 e. The summed E-state index contributed by atoms with van der Waals surface area (Å²) in [5.74, 6) is 1.05. The lowest BCUT2D eigenvalue weighted by Gasteiger charge is -2.04. The molecule has 0 saturated carbocycles. The summed E-state index contributed by atoms with van der Waals surface area (Å²) in [6.07, 6.45) is 0. The molecule has 0 bridgehead atoms. The molecule has 1 aliphatic heterocycles. The van der Waals surface area contributed by atoms with Gasteiger partial charge in [0.05, 0.1) is 14.8 Å². The van der Waals surface area contributed by atoms with Crippen molar-refractivity contribution in [2.75, 3.05) is 5.75 Å². The van der Waals surface area contributed by atoms with Crippen molar-refractivity contribution in [3.05, 3.63) is 35.9 Å². The van der Waals surface area contributed by atoms with Crippen molar-refractivity contribution < 1.29 is 0 Å². The van der Waals surface area contributed by atoms with Gasteiger partial charge in [0.1, 0.15) is 0 Å². The lowest BCUT2D eigenvalue weighted by molar-refractivity contribution is 0.862. The molecule has 2 rings (SSSR count). The fourth-order valence-corrected chi connectivity index (χ4v) is 3.47. The van der Waals surface area contributed by atoms with Gasteiger partial charge >= 0.3 is 0 Å². The van der Waals surface area contributed by atoms with Crippen LogP contribution in [0.3, 0.4) is 0 Å². The molecule has 74 valence electrons. The van der Waals surface area contributed by atoms with Gasteiger partial charge in [0.15, 0.2) is 0 Å². The van der Waals surface area contributed by atoms with E-state index in [4.69, 9.17) is 0 Å². The lowest BCUT2D eigenvalue weighted by atomic mass is 10.2. The number of rotatable bonds is 2. The third-order valence-corrected chi connectivity index (χ3v) is 4.33. The summed E-state index contributed by atoms with van der Waals surface area (Å²) in [6.45, 7) is 0. The van der Waals surface area contributed by atoms with Crippen molar-refractivity contribution in [1.29, 1.82) is 0 Å². The molecule has 0 fully saturated rings. The van der Waals surface area contributed by atoms with Crippen LogP contribution in [0.15, 0.2) is 35.3 Å². The maximum atomic E-state index is 4.64. The number of hydrogen-bond acceptors (Lipinski definition) is 2. The van der Waals surface area contributed by atoms with Gasteiger partial charge in [-0.1, -0.05) is 62.2 Å². The van der Waals surface area contributed by atoms with Crippen LogP contribution >= 0.6 is 43.6 Å². The summed E-state index contributed by atoms with van der Waals surface area (Å²) in [5, 5.41) is 1.15. The molecule has 0 N–H and O–H groups in total. The van der Waals surface area contributed by atoms with E-state index in [1.807, 2.05) is 30.0 Å². The van der Waals surface area contributed by atoms with Gasteiger partial charge in [-0.15, -0.1) is 11.8 Å². The van der Waals surface area contributed by atoms with E-state index < -0.39 is 0 Å². The second-order valence-electron chi connectivity index (χ2n) is 3.01. The fourth-order valence-electron chi connectivity index (χ4n) is 1.26. The van der Waals surface area contributed by atoms with Gasteiger partial charge in [-0.05, 0) is 0 Å². The van der Waals surface area contributed by atoms with E-state index in [2.05, 4.69) is 49.0 Å². The van der Waals surface area contributed by atoms with Crippen molar-refractivity contribution >= 4 is 48.7 Å². The molecule has 1 aromatic carbocycles.